The van der Waals surface area contributed by atoms with Crippen molar-refractivity contribution in [1.29, 1.82) is 0 Å². The third-order valence-corrected chi connectivity index (χ3v) is 7.23. The summed E-state index contributed by atoms with van der Waals surface area (Å²) in [6.07, 6.45) is 0. The molecule has 0 heterocycles. The van der Waals surface area contributed by atoms with E-state index in [2.05, 4.69) is 0 Å². The van der Waals surface area contributed by atoms with Gasteiger partial charge in [0.2, 0.25) is 0 Å². The number of aromatic hydroxyl groups is 2. The van der Waals surface area contributed by atoms with E-state index in [9.17, 15) is 23.2 Å². The molecule has 0 radical (unpaired) electrons. The Morgan fingerprint density at radius 2 is 1.38 bits per heavy atom. The molecule has 3 rings (SSSR count). The fourth-order valence-corrected chi connectivity index (χ4v) is 5.34. The van der Waals surface area contributed by atoms with Crippen LogP contribution in [0, 0.1) is 0 Å². The highest BCUT2D eigenvalue weighted by molar-refractivity contribution is 7.87. The maximum Gasteiger partial charge on any atom is 0.283 e. The smallest absolute Gasteiger partial charge is 0.283 e. The standard InChI is InChI=1S/C19H12Cl4O5S/c20-12-4-2-1-3-11(12)19(29(26,27)28,10-5-6-13(21)15(23)9-10)17-16(24)8-7-14(22)18(17)25/h1-9,24-25H,(H,26,27,28). The van der Waals surface area contributed by atoms with Gasteiger partial charge in [-0.3, -0.25) is 4.55 Å². The monoisotopic (exact) mass is 492 g/mol. The largest absolute Gasteiger partial charge is 0.507 e. The zero-order chi connectivity index (χ0) is 21.6. The normalized spacial score (nSPS) is 13.8. The van der Waals surface area contributed by atoms with Crippen molar-refractivity contribution in [3.63, 3.8) is 0 Å². The molecule has 1 atom stereocenters. The lowest BCUT2D eigenvalue weighted by Crippen LogP contribution is -2.38. The lowest BCUT2D eigenvalue weighted by atomic mass is 9.82. The van der Waals surface area contributed by atoms with Crippen LogP contribution < -0.4 is 0 Å². The van der Waals surface area contributed by atoms with Gasteiger partial charge in [-0.2, -0.15) is 8.42 Å². The van der Waals surface area contributed by atoms with Crippen LogP contribution in [0.15, 0.2) is 54.6 Å². The Morgan fingerprint density at radius 3 is 1.97 bits per heavy atom. The van der Waals surface area contributed by atoms with Gasteiger partial charge in [0.05, 0.1) is 20.6 Å². The maximum absolute atomic E-state index is 13.0. The van der Waals surface area contributed by atoms with Crippen molar-refractivity contribution in [3.8, 4) is 11.5 Å². The summed E-state index contributed by atoms with van der Waals surface area (Å²) in [5, 5.41) is 21.0. The van der Waals surface area contributed by atoms with Gasteiger partial charge in [0, 0.05) is 10.6 Å². The van der Waals surface area contributed by atoms with E-state index in [4.69, 9.17) is 46.4 Å². The van der Waals surface area contributed by atoms with Crippen molar-refractivity contribution in [3.05, 3.63) is 91.4 Å². The first-order valence-corrected chi connectivity index (χ1v) is 10.9. The molecular weight excluding hydrogens is 482 g/mol. The summed E-state index contributed by atoms with van der Waals surface area (Å²) in [4.78, 5) is 0. The van der Waals surface area contributed by atoms with Crippen molar-refractivity contribution in [2.75, 3.05) is 0 Å². The van der Waals surface area contributed by atoms with Crippen LogP contribution in [-0.2, 0) is 14.9 Å². The van der Waals surface area contributed by atoms with Crippen molar-refractivity contribution in [2.24, 2.45) is 0 Å². The molecule has 152 valence electrons. The lowest BCUT2D eigenvalue weighted by molar-refractivity contribution is 0.416. The van der Waals surface area contributed by atoms with Crippen molar-refractivity contribution in [1.82, 2.24) is 0 Å². The van der Waals surface area contributed by atoms with Crippen LogP contribution >= 0.6 is 46.4 Å². The maximum atomic E-state index is 13.0. The summed E-state index contributed by atoms with van der Waals surface area (Å²) in [6, 6.07) is 11.8. The minimum absolute atomic E-state index is 0.0229. The first-order valence-electron chi connectivity index (χ1n) is 7.90. The molecule has 0 amide bonds. The quantitative estimate of drug-likeness (QED) is 0.311. The van der Waals surface area contributed by atoms with E-state index >= 15 is 0 Å². The average Bonchev–Trinajstić information content (AvgIpc) is 2.64. The molecule has 0 aliphatic heterocycles. The number of phenols is 2. The Morgan fingerprint density at radius 1 is 0.759 bits per heavy atom. The molecule has 0 aliphatic carbocycles. The van der Waals surface area contributed by atoms with E-state index in [1.807, 2.05) is 0 Å². The molecule has 0 bridgehead atoms. The van der Waals surface area contributed by atoms with E-state index in [-0.39, 0.29) is 31.2 Å². The van der Waals surface area contributed by atoms with Gasteiger partial charge in [-0.25, -0.2) is 0 Å². The molecule has 0 aromatic heterocycles. The molecule has 5 nitrogen and oxygen atoms in total. The van der Waals surface area contributed by atoms with Gasteiger partial charge in [-0.1, -0.05) is 70.7 Å². The number of hydrogen-bond acceptors (Lipinski definition) is 4. The molecule has 0 fully saturated rings. The SMILES string of the molecule is O=S(=O)(O)C(c1ccc(Cl)c(Cl)c1)(c1ccccc1Cl)c1c(O)ccc(Cl)c1O. The van der Waals surface area contributed by atoms with Gasteiger partial charge in [0.25, 0.3) is 10.1 Å². The summed E-state index contributed by atoms with van der Waals surface area (Å²) < 4.78 is 33.9. The van der Waals surface area contributed by atoms with Gasteiger partial charge in [0.1, 0.15) is 11.5 Å². The van der Waals surface area contributed by atoms with Crippen LogP contribution in [0.4, 0.5) is 0 Å². The van der Waals surface area contributed by atoms with Gasteiger partial charge in [0.15, 0.2) is 4.75 Å². The van der Waals surface area contributed by atoms with E-state index in [0.717, 1.165) is 6.07 Å². The molecule has 0 saturated carbocycles. The van der Waals surface area contributed by atoms with E-state index in [1.54, 1.807) is 6.07 Å². The molecule has 3 aromatic rings. The van der Waals surface area contributed by atoms with Crippen LogP contribution in [0.2, 0.25) is 20.1 Å². The highest BCUT2D eigenvalue weighted by Gasteiger charge is 2.53. The molecule has 1 unspecified atom stereocenters. The molecule has 3 N–H and O–H groups in total. The highest BCUT2D eigenvalue weighted by atomic mass is 35.5. The van der Waals surface area contributed by atoms with Gasteiger partial charge in [-0.05, 0) is 35.9 Å². The summed E-state index contributed by atoms with van der Waals surface area (Å²) in [5.41, 5.74) is -0.857. The summed E-state index contributed by atoms with van der Waals surface area (Å²) >= 11 is 24.4. The first-order chi connectivity index (χ1) is 13.5. The third kappa shape index (κ3) is 3.54. The predicted molar refractivity (Wildman–Crippen MR) is 114 cm³/mol. The minimum Gasteiger partial charge on any atom is -0.507 e. The topological polar surface area (TPSA) is 94.8 Å². The van der Waals surface area contributed by atoms with Gasteiger partial charge < -0.3 is 10.2 Å². The van der Waals surface area contributed by atoms with Crippen molar-refractivity contribution >= 4 is 56.5 Å². The minimum atomic E-state index is -5.16. The van der Waals surface area contributed by atoms with Gasteiger partial charge in [-0.15, -0.1) is 0 Å². The van der Waals surface area contributed by atoms with E-state index < -0.39 is 31.9 Å². The van der Waals surface area contributed by atoms with E-state index in [1.165, 1.54) is 42.5 Å². The molecular formula is C19H12Cl4O5S. The van der Waals surface area contributed by atoms with Crippen LogP contribution in [0.25, 0.3) is 0 Å². The van der Waals surface area contributed by atoms with Crippen LogP contribution in [0.3, 0.4) is 0 Å². The Balaban J connectivity index is 2.66. The second-order valence-electron chi connectivity index (χ2n) is 6.06. The Kier molecular flexibility index (Phi) is 5.98. The molecule has 29 heavy (non-hydrogen) atoms. The zero-order valence-electron chi connectivity index (χ0n) is 14.3. The molecule has 0 aliphatic rings. The Hall–Kier alpha value is -1.67. The number of rotatable bonds is 4. The summed E-state index contributed by atoms with van der Waals surface area (Å²) in [7, 11) is -5.16. The third-order valence-electron chi connectivity index (χ3n) is 4.42. The van der Waals surface area contributed by atoms with Gasteiger partial charge >= 0.3 is 0 Å². The number of benzene rings is 3. The fourth-order valence-electron chi connectivity index (χ4n) is 3.22. The lowest BCUT2D eigenvalue weighted by Gasteiger charge is -2.34. The highest BCUT2D eigenvalue weighted by Crippen LogP contribution is 2.54. The second-order valence-corrected chi connectivity index (χ2v) is 9.25. The molecule has 10 heteroatoms. The van der Waals surface area contributed by atoms with Crippen molar-refractivity contribution in [2.45, 2.75) is 4.75 Å². The van der Waals surface area contributed by atoms with Crippen LogP contribution in [0.5, 0.6) is 11.5 Å². The Labute approximate surface area is 186 Å². The summed E-state index contributed by atoms with van der Waals surface area (Å²) in [6.45, 7) is 0. The fraction of sp³-hybridized carbons (Fsp3) is 0.0526. The van der Waals surface area contributed by atoms with Crippen LogP contribution in [-0.4, -0.2) is 23.2 Å². The van der Waals surface area contributed by atoms with Crippen molar-refractivity contribution < 1.29 is 23.2 Å². The first kappa shape index (κ1) is 22.0. The van der Waals surface area contributed by atoms with Crippen LogP contribution in [0.1, 0.15) is 16.7 Å². The predicted octanol–water partition coefficient (Wildman–Crippen LogP) is 5.89. The molecule has 0 saturated heterocycles. The zero-order valence-corrected chi connectivity index (χ0v) is 18.1. The molecule has 0 spiro atoms. The second kappa shape index (κ2) is 7.87. The van der Waals surface area contributed by atoms with E-state index in [0.29, 0.717) is 0 Å². The number of phenolic OH excluding ortho intramolecular Hbond substituents is 2. The summed E-state index contributed by atoms with van der Waals surface area (Å²) in [5.74, 6) is -1.40. The number of halogens is 4. The average molecular weight is 494 g/mol. The Bertz CT molecular complexity index is 1210. The molecule has 3 aromatic carbocycles. The number of hydrogen-bond donors (Lipinski definition) is 3.